The van der Waals surface area contributed by atoms with E-state index in [0.717, 1.165) is 29.1 Å². The lowest BCUT2D eigenvalue weighted by Crippen LogP contribution is -1.98. The van der Waals surface area contributed by atoms with E-state index in [0.29, 0.717) is 18.7 Å². The largest absolute Gasteiger partial charge is 0.493 e. The summed E-state index contributed by atoms with van der Waals surface area (Å²) in [5, 5.41) is 12.0. The zero-order chi connectivity index (χ0) is 15.1. The van der Waals surface area contributed by atoms with E-state index in [4.69, 9.17) is 15.7 Å². The monoisotopic (exact) mass is 281 g/mol. The van der Waals surface area contributed by atoms with Crippen LogP contribution in [0.25, 0.3) is 0 Å². The zero-order valence-corrected chi connectivity index (χ0v) is 12.1. The molecule has 0 saturated carbocycles. The number of rotatable bonds is 6. The topological polar surface area (TPSA) is 71.1 Å². The molecule has 4 nitrogen and oxygen atoms in total. The van der Waals surface area contributed by atoms with E-state index in [-0.39, 0.29) is 0 Å². The molecule has 0 aliphatic heterocycles. The lowest BCUT2D eigenvalue weighted by Gasteiger charge is -2.11. The van der Waals surface area contributed by atoms with Crippen LogP contribution in [0, 0.1) is 11.3 Å². The Morgan fingerprint density at radius 1 is 1.14 bits per heavy atom. The molecule has 0 bridgehead atoms. The van der Waals surface area contributed by atoms with Gasteiger partial charge in [0, 0.05) is 29.2 Å². The number of nitrogens with zero attached hydrogens (tertiary/aromatic N) is 1. The van der Waals surface area contributed by atoms with Gasteiger partial charge in [0.05, 0.1) is 19.1 Å². The quantitative estimate of drug-likeness (QED) is 0.788. The number of hydrogen-bond donors (Lipinski definition) is 2. The third kappa shape index (κ3) is 4.43. The van der Waals surface area contributed by atoms with Crippen molar-refractivity contribution < 1.29 is 4.74 Å². The van der Waals surface area contributed by atoms with Crippen LogP contribution in [0.5, 0.6) is 5.75 Å². The van der Waals surface area contributed by atoms with Gasteiger partial charge >= 0.3 is 0 Å². The van der Waals surface area contributed by atoms with E-state index in [2.05, 4.69) is 18.3 Å². The molecule has 3 N–H and O–H groups in total. The highest BCUT2D eigenvalue weighted by Crippen LogP contribution is 2.25. The molecule has 2 aromatic carbocycles. The second kappa shape index (κ2) is 7.20. The maximum atomic E-state index is 8.66. The van der Waals surface area contributed by atoms with Crippen molar-refractivity contribution in [3.63, 3.8) is 0 Å². The van der Waals surface area contributed by atoms with Crippen molar-refractivity contribution in [1.82, 2.24) is 0 Å². The Bertz CT molecular complexity index is 629. The summed E-state index contributed by atoms with van der Waals surface area (Å²) in [5.74, 6) is 0.764. The zero-order valence-electron chi connectivity index (χ0n) is 12.1. The summed E-state index contributed by atoms with van der Waals surface area (Å²) in [7, 11) is 0. The molecule has 0 fully saturated rings. The molecular weight excluding hydrogens is 262 g/mol. The van der Waals surface area contributed by atoms with Crippen molar-refractivity contribution in [3.05, 3.63) is 48.0 Å². The molecule has 0 amide bonds. The molecule has 0 aliphatic rings. The Balaban J connectivity index is 2.11. The predicted molar refractivity (Wildman–Crippen MR) is 85.7 cm³/mol. The van der Waals surface area contributed by atoms with Crippen LogP contribution in [-0.2, 0) is 6.42 Å². The van der Waals surface area contributed by atoms with Gasteiger partial charge in [0.2, 0.25) is 0 Å². The SMILES string of the molecule is CCCOc1cc(N)cc(Nc2ccc(CC#N)cc2)c1. The van der Waals surface area contributed by atoms with Crippen LogP contribution in [0.4, 0.5) is 17.1 Å². The maximum absolute atomic E-state index is 8.66. The fourth-order valence-electron chi connectivity index (χ4n) is 1.96. The molecule has 108 valence electrons. The Hall–Kier alpha value is -2.67. The first-order valence-electron chi connectivity index (χ1n) is 6.97. The summed E-state index contributed by atoms with van der Waals surface area (Å²) >= 11 is 0. The second-order valence-electron chi connectivity index (χ2n) is 4.80. The number of anilines is 3. The number of hydrogen-bond acceptors (Lipinski definition) is 4. The average molecular weight is 281 g/mol. The number of nitriles is 1. The van der Waals surface area contributed by atoms with Crippen molar-refractivity contribution in [2.75, 3.05) is 17.7 Å². The summed E-state index contributed by atoms with van der Waals surface area (Å²) in [4.78, 5) is 0. The van der Waals surface area contributed by atoms with E-state index in [1.807, 2.05) is 42.5 Å². The Morgan fingerprint density at radius 3 is 2.57 bits per heavy atom. The van der Waals surface area contributed by atoms with Gasteiger partial charge in [-0.2, -0.15) is 5.26 Å². The average Bonchev–Trinajstić information content (AvgIpc) is 2.47. The lowest BCUT2D eigenvalue weighted by molar-refractivity contribution is 0.318. The van der Waals surface area contributed by atoms with Gasteiger partial charge in [-0.25, -0.2) is 0 Å². The van der Waals surface area contributed by atoms with Crippen molar-refractivity contribution >= 4 is 17.1 Å². The van der Waals surface area contributed by atoms with Crippen LogP contribution in [0.2, 0.25) is 0 Å². The van der Waals surface area contributed by atoms with Crippen LogP contribution in [0.1, 0.15) is 18.9 Å². The number of nitrogens with one attached hydrogen (secondary N) is 1. The summed E-state index contributed by atoms with van der Waals surface area (Å²) in [6.45, 7) is 2.74. The standard InChI is InChI=1S/C17H19N3O/c1-2-9-21-17-11-14(19)10-16(12-17)20-15-5-3-13(4-6-15)7-8-18/h3-6,10-12,20H,2,7,9,19H2,1H3. The van der Waals surface area contributed by atoms with Crippen molar-refractivity contribution in [2.45, 2.75) is 19.8 Å². The minimum absolute atomic E-state index is 0.424. The van der Waals surface area contributed by atoms with E-state index >= 15 is 0 Å². The molecule has 0 unspecified atom stereocenters. The minimum atomic E-state index is 0.424. The fraction of sp³-hybridized carbons (Fsp3) is 0.235. The molecule has 2 rings (SSSR count). The number of benzene rings is 2. The number of nitrogens with two attached hydrogens (primary N) is 1. The highest BCUT2D eigenvalue weighted by Gasteiger charge is 2.01. The normalized spacial score (nSPS) is 9.90. The van der Waals surface area contributed by atoms with Gasteiger partial charge in [0.25, 0.3) is 0 Å². The van der Waals surface area contributed by atoms with E-state index in [1.165, 1.54) is 0 Å². The van der Waals surface area contributed by atoms with Crippen LogP contribution in [0.3, 0.4) is 0 Å². The third-order valence-electron chi connectivity index (χ3n) is 2.93. The van der Waals surface area contributed by atoms with E-state index in [9.17, 15) is 0 Å². The van der Waals surface area contributed by atoms with Crippen LogP contribution in [-0.4, -0.2) is 6.61 Å². The summed E-state index contributed by atoms with van der Waals surface area (Å²) in [5.41, 5.74) is 9.39. The molecular formula is C17H19N3O. The molecule has 4 heteroatoms. The molecule has 2 aromatic rings. The van der Waals surface area contributed by atoms with Gasteiger partial charge in [-0.3, -0.25) is 0 Å². The minimum Gasteiger partial charge on any atom is -0.493 e. The van der Waals surface area contributed by atoms with Gasteiger partial charge in [-0.05, 0) is 30.2 Å². The van der Waals surface area contributed by atoms with E-state index < -0.39 is 0 Å². The molecule has 0 spiro atoms. The molecule has 0 atom stereocenters. The second-order valence-corrected chi connectivity index (χ2v) is 4.80. The van der Waals surface area contributed by atoms with Gasteiger partial charge < -0.3 is 15.8 Å². The van der Waals surface area contributed by atoms with Crippen molar-refractivity contribution in [3.8, 4) is 11.8 Å². The first-order chi connectivity index (χ1) is 10.2. The van der Waals surface area contributed by atoms with Gasteiger partial charge in [0.1, 0.15) is 5.75 Å². The molecule has 0 radical (unpaired) electrons. The highest BCUT2D eigenvalue weighted by atomic mass is 16.5. The van der Waals surface area contributed by atoms with Crippen LogP contribution in [0.15, 0.2) is 42.5 Å². The summed E-state index contributed by atoms with van der Waals surface area (Å²) in [6, 6.07) is 15.5. The molecule has 0 aliphatic carbocycles. The molecule has 0 heterocycles. The highest BCUT2D eigenvalue weighted by molar-refractivity contribution is 5.66. The lowest BCUT2D eigenvalue weighted by atomic mass is 10.1. The Kier molecular flexibility index (Phi) is 5.05. The molecule has 21 heavy (non-hydrogen) atoms. The summed E-state index contributed by atoms with van der Waals surface area (Å²) in [6.07, 6.45) is 1.38. The van der Waals surface area contributed by atoms with E-state index in [1.54, 1.807) is 0 Å². The molecule has 0 saturated heterocycles. The van der Waals surface area contributed by atoms with Crippen LogP contribution < -0.4 is 15.8 Å². The number of ether oxygens (including phenoxy) is 1. The smallest absolute Gasteiger partial charge is 0.123 e. The predicted octanol–water partition coefficient (Wildman–Crippen LogP) is 3.87. The van der Waals surface area contributed by atoms with Gasteiger partial charge in [0.15, 0.2) is 0 Å². The number of nitrogen functional groups attached to an aromatic ring is 1. The first-order valence-corrected chi connectivity index (χ1v) is 6.97. The third-order valence-corrected chi connectivity index (χ3v) is 2.93. The summed E-state index contributed by atoms with van der Waals surface area (Å²) < 4.78 is 5.61. The Morgan fingerprint density at radius 2 is 1.90 bits per heavy atom. The molecule has 0 aromatic heterocycles. The first kappa shape index (κ1) is 14.7. The van der Waals surface area contributed by atoms with Gasteiger partial charge in [-0.15, -0.1) is 0 Å². The van der Waals surface area contributed by atoms with Gasteiger partial charge in [-0.1, -0.05) is 19.1 Å². The van der Waals surface area contributed by atoms with Crippen molar-refractivity contribution in [2.24, 2.45) is 0 Å². The Labute approximate surface area is 125 Å². The van der Waals surface area contributed by atoms with Crippen molar-refractivity contribution in [1.29, 1.82) is 5.26 Å². The van der Waals surface area contributed by atoms with Crippen LogP contribution >= 0.6 is 0 Å². The maximum Gasteiger partial charge on any atom is 0.123 e. The fourth-order valence-corrected chi connectivity index (χ4v) is 1.96.